The average Bonchev–Trinajstić information content (AvgIpc) is 2.04. The number of nitrogens with two attached hydrogens (primary N) is 1. The first kappa shape index (κ1) is 13.5. The van der Waals surface area contributed by atoms with Gasteiger partial charge in [-0.3, -0.25) is 0 Å². The quantitative estimate of drug-likeness (QED) is 0.565. The highest BCUT2D eigenvalue weighted by Crippen LogP contribution is 2.11. The van der Waals surface area contributed by atoms with Crippen LogP contribution >= 0.6 is 0 Å². The molecule has 1 aliphatic heterocycles. The van der Waals surface area contributed by atoms with Gasteiger partial charge in [-0.05, 0) is 13.0 Å². The molecule has 0 bridgehead atoms. The molecule has 1 heterocycles. The largest absolute Gasteiger partial charge is 1.00 e. The first-order chi connectivity index (χ1) is 6.26. The molecule has 2 unspecified atom stereocenters. The molecular weight excluding hydrogens is 194 g/mol. The Labute approximate surface area is 93.4 Å². The monoisotopic (exact) mass is 213 g/mol. The summed E-state index contributed by atoms with van der Waals surface area (Å²) in [5.74, 6) is 0. The number of rotatable bonds is 4. The van der Waals surface area contributed by atoms with Gasteiger partial charge in [0, 0.05) is 19.3 Å². The Morgan fingerprint density at radius 3 is 2.64 bits per heavy atom. The molecule has 0 amide bonds. The molecule has 2 heteroatoms. The van der Waals surface area contributed by atoms with Gasteiger partial charge < -0.3 is 17.7 Å². The number of quaternary nitrogens is 1. The van der Waals surface area contributed by atoms with E-state index in [1.54, 1.807) is 0 Å². The Balaban J connectivity index is 0.00000169. The second-order valence-electron chi connectivity index (χ2n) is 3.88. The average molecular weight is 214 g/mol. The second kappa shape index (κ2) is 6.86. The van der Waals surface area contributed by atoms with Crippen LogP contribution < -0.4 is 17.7 Å². The minimum Gasteiger partial charge on any atom is -1.00 e. The van der Waals surface area contributed by atoms with Crippen molar-refractivity contribution in [1.29, 1.82) is 0 Å². The van der Waals surface area contributed by atoms with E-state index >= 15 is 0 Å². The molecule has 80 valence electrons. The third-order valence-corrected chi connectivity index (χ3v) is 2.51. The Bertz CT molecular complexity index is 220. The van der Waals surface area contributed by atoms with Gasteiger partial charge in [0.05, 0.1) is 6.04 Å². The topological polar surface area (TPSA) is 16.6 Å². The normalized spacial score (nSPS) is 25.9. The molecule has 0 saturated heterocycles. The summed E-state index contributed by atoms with van der Waals surface area (Å²) in [5.41, 5.74) is 1.52. The van der Waals surface area contributed by atoms with E-state index in [4.69, 9.17) is 0 Å². The summed E-state index contributed by atoms with van der Waals surface area (Å²) in [6.45, 7) is 9.79. The summed E-state index contributed by atoms with van der Waals surface area (Å²) in [4.78, 5) is 0. The van der Waals surface area contributed by atoms with Gasteiger partial charge in [-0.15, -0.1) is 13.2 Å². The minimum atomic E-state index is 0. The Morgan fingerprint density at radius 2 is 2.07 bits per heavy atom. The van der Waals surface area contributed by atoms with E-state index in [9.17, 15) is 0 Å². The smallest absolute Gasteiger partial charge is 0.108 e. The van der Waals surface area contributed by atoms with Crippen LogP contribution in [0.5, 0.6) is 0 Å². The van der Waals surface area contributed by atoms with Crippen molar-refractivity contribution in [2.75, 3.05) is 0 Å². The summed E-state index contributed by atoms with van der Waals surface area (Å²) in [7, 11) is 0. The maximum absolute atomic E-state index is 3.79. The zero-order valence-corrected chi connectivity index (χ0v) is 9.63. The van der Waals surface area contributed by atoms with E-state index in [2.05, 4.69) is 31.5 Å². The standard InChI is InChI=1S/C12H19N.ClH/c1-4-6-11-8-10(3)9-12(13-11)7-5-2;/h4-5,8,11-13H,1-2,6-7,9H2,3H3;1H. The highest BCUT2D eigenvalue weighted by molar-refractivity contribution is 5.07. The molecule has 0 aliphatic carbocycles. The first-order valence-electron chi connectivity index (χ1n) is 5.00. The highest BCUT2D eigenvalue weighted by Gasteiger charge is 2.21. The molecule has 0 spiro atoms. The third kappa shape index (κ3) is 4.12. The van der Waals surface area contributed by atoms with Crippen LogP contribution in [0.25, 0.3) is 0 Å². The van der Waals surface area contributed by atoms with E-state index in [0.717, 1.165) is 12.8 Å². The van der Waals surface area contributed by atoms with Crippen LogP contribution in [-0.4, -0.2) is 12.1 Å². The van der Waals surface area contributed by atoms with Crippen LogP contribution in [0.15, 0.2) is 37.0 Å². The molecule has 1 aliphatic rings. The third-order valence-electron chi connectivity index (χ3n) is 2.51. The number of hydrogen-bond donors (Lipinski definition) is 1. The number of halogens is 1. The fourth-order valence-corrected chi connectivity index (χ4v) is 2.04. The van der Waals surface area contributed by atoms with Crippen molar-refractivity contribution in [3.63, 3.8) is 0 Å². The molecule has 1 nitrogen and oxygen atoms in total. The van der Waals surface area contributed by atoms with Crippen molar-refractivity contribution in [2.45, 2.75) is 38.3 Å². The van der Waals surface area contributed by atoms with E-state index in [0.29, 0.717) is 12.1 Å². The Hall–Kier alpha value is -0.530. The lowest BCUT2D eigenvalue weighted by atomic mass is 9.95. The zero-order chi connectivity index (χ0) is 9.68. The van der Waals surface area contributed by atoms with Crippen molar-refractivity contribution < 1.29 is 17.7 Å². The SMILES string of the molecule is C=CCC1C=C(C)CC(CC=C)[NH2+]1.[Cl-]. The fourth-order valence-electron chi connectivity index (χ4n) is 2.04. The number of hydrogen-bond acceptors (Lipinski definition) is 0. The second-order valence-corrected chi connectivity index (χ2v) is 3.88. The molecule has 2 atom stereocenters. The fraction of sp³-hybridized carbons (Fsp3) is 0.500. The summed E-state index contributed by atoms with van der Waals surface area (Å²) < 4.78 is 0. The van der Waals surface area contributed by atoms with Crippen LogP contribution in [0.3, 0.4) is 0 Å². The van der Waals surface area contributed by atoms with Crippen molar-refractivity contribution in [3.05, 3.63) is 37.0 Å². The molecule has 0 aromatic rings. The van der Waals surface area contributed by atoms with E-state index < -0.39 is 0 Å². The highest BCUT2D eigenvalue weighted by atomic mass is 35.5. The summed E-state index contributed by atoms with van der Waals surface area (Å²) in [6.07, 6.45) is 9.77. The van der Waals surface area contributed by atoms with Gasteiger partial charge in [0.25, 0.3) is 0 Å². The van der Waals surface area contributed by atoms with Crippen LogP contribution in [-0.2, 0) is 0 Å². The lowest BCUT2D eigenvalue weighted by molar-refractivity contribution is -0.713. The summed E-state index contributed by atoms with van der Waals surface area (Å²) in [5, 5.41) is 2.44. The van der Waals surface area contributed by atoms with Crippen LogP contribution in [0.1, 0.15) is 26.2 Å². The van der Waals surface area contributed by atoms with Gasteiger partial charge in [-0.2, -0.15) is 0 Å². The van der Waals surface area contributed by atoms with Crippen molar-refractivity contribution in [2.24, 2.45) is 0 Å². The van der Waals surface area contributed by atoms with Gasteiger partial charge in [0.15, 0.2) is 0 Å². The van der Waals surface area contributed by atoms with Crippen LogP contribution in [0, 0.1) is 0 Å². The molecule has 0 radical (unpaired) electrons. The van der Waals surface area contributed by atoms with Gasteiger partial charge in [-0.25, -0.2) is 0 Å². The zero-order valence-electron chi connectivity index (χ0n) is 8.88. The van der Waals surface area contributed by atoms with E-state index in [1.165, 1.54) is 12.0 Å². The van der Waals surface area contributed by atoms with Gasteiger partial charge in [-0.1, -0.05) is 17.7 Å². The molecule has 0 aromatic heterocycles. The van der Waals surface area contributed by atoms with Crippen LogP contribution in [0.2, 0.25) is 0 Å². The lowest BCUT2D eigenvalue weighted by Gasteiger charge is -2.24. The van der Waals surface area contributed by atoms with Crippen molar-refractivity contribution >= 4 is 0 Å². The van der Waals surface area contributed by atoms with Gasteiger partial charge in [0.2, 0.25) is 0 Å². The molecule has 1 rings (SSSR count). The van der Waals surface area contributed by atoms with Gasteiger partial charge in [0.1, 0.15) is 6.04 Å². The molecule has 2 N–H and O–H groups in total. The summed E-state index contributed by atoms with van der Waals surface area (Å²) in [6, 6.07) is 1.31. The van der Waals surface area contributed by atoms with E-state index in [1.807, 2.05) is 12.2 Å². The maximum Gasteiger partial charge on any atom is 0.108 e. The first-order valence-corrected chi connectivity index (χ1v) is 5.00. The van der Waals surface area contributed by atoms with Crippen molar-refractivity contribution in [1.82, 2.24) is 0 Å². The molecule has 0 aromatic carbocycles. The van der Waals surface area contributed by atoms with Gasteiger partial charge >= 0.3 is 0 Å². The minimum absolute atomic E-state index is 0. The Kier molecular flexibility index (Phi) is 6.60. The Morgan fingerprint density at radius 1 is 1.43 bits per heavy atom. The van der Waals surface area contributed by atoms with Crippen LogP contribution in [0.4, 0.5) is 0 Å². The van der Waals surface area contributed by atoms with E-state index in [-0.39, 0.29) is 12.4 Å². The maximum atomic E-state index is 3.79. The molecule has 0 saturated carbocycles. The molecule has 0 fully saturated rings. The predicted molar refractivity (Wildman–Crippen MR) is 57.5 cm³/mol. The molecular formula is C12H20ClN. The van der Waals surface area contributed by atoms with Crippen molar-refractivity contribution in [3.8, 4) is 0 Å². The molecule has 14 heavy (non-hydrogen) atoms. The summed E-state index contributed by atoms with van der Waals surface area (Å²) >= 11 is 0. The predicted octanol–water partition coefficient (Wildman–Crippen LogP) is -1.21. The lowest BCUT2D eigenvalue weighted by Crippen LogP contribution is -3.00.